The van der Waals surface area contributed by atoms with Crippen LogP contribution in [-0.4, -0.2) is 12.3 Å². The van der Waals surface area contributed by atoms with Crippen LogP contribution in [0.5, 0.6) is 0 Å². The minimum atomic E-state index is 0. The fourth-order valence-electron chi connectivity index (χ4n) is 3.42. The Morgan fingerprint density at radius 2 is 1.55 bits per heavy atom. The Labute approximate surface area is 211 Å². The van der Waals surface area contributed by atoms with E-state index < -0.39 is 0 Å². The Bertz CT molecular complexity index is 724. The summed E-state index contributed by atoms with van der Waals surface area (Å²) in [5, 5.41) is 4.44. The Balaban J connectivity index is 0. The van der Waals surface area contributed by atoms with Crippen LogP contribution in [0.15, 0.2) is 54.6 Å². The van der Waals surface area contributed by atoms with Crippen LogP contribution in [0.1, 0.15) is 57.6 Å². The summed E-state index contributed by atoms with van der Waals surface area (Å²) in [6.07, 6.45) is 9.28. The van der Waals surface area contributed by atoms with Gasteiger partial charge in [0.15, 0.2) is 0 Å². The van der Waals surface area contributed by atoms with Gasteiger partial charge in [-0.15, -0.1) is 40.3 Å². The molecule has 0 nitrogen and oxygen atoms in total. The molecule has 29 heavy (non-hydrogen) atoms. The number of aryl methyl sites for hydroxylation is 2. The van der Waals surface area contributed by atoms with Crippen LogP contribution < -0.4 is 30.1 Å². The van der Waals surface area contributed by atoms with Crippen LogP contribution in [0.4, 0.5) is 0 Å². The van der Waals surface area contributed by atoms with E-state index in [0.717, 1.165) is 0 Å². The molecule has 0 unspecified atom stereocenters. The number of hydrogen-bond acceptors (Lipinski definition) is 0. The van der Waals surface area contributed by atoms with Gasteiger partial charge in [0.25, 0.3) is 0 Å². The molecule has 0 fully saturated rings. The molecular weight excluding hydrogens is 493 g/mol. The maximum atomic E-state index is 2.41. The van der Waals surface area contributed by atoms with Gasteiger partial charge in [-0.1, -0.05) is 73.8 Å². The average molecular weight is 529 g/mol. The molecule has 0 spiro atoms. The van der Waals surface area contributed by atoms with Crippen molar-refractivity contribution in [3.8, 4) is 0 Å². The topological polar surface area (TPSA) is 0 Å². The molecule has 0 aliphatic heterocycles. The summed E-state index contributed by atoms with van der Waals surface area (Å²) in [7, 11) is 0.0972. The molecule has 0 saturated heterocycles. The molecule has 0 saturated carbocycles. The fraction of sp³-hybridized carbons (Fsp3) is 0.440. The van der Waals surface area contributed by atoms with Crippen LogP contribution in [0, 0.1) is 6.92 Å². The van der Waals surface area contributed by atoms with Crippen molar-refractivity contribution in [1.82, 2.24) is 0 Å². The molecule has 0 radical (unpaired) electrons. The van der Waals surface area contributed by atoms with Gasteiger partial charge in [-0.05, 0) is 12.3 Å². The monoisotopic (exact) mass is 526 g/mol. The Hall–Kier alpha value is 0.0731. The Kier molecular flexibility index (Phi) is 19.1. The van der Waals surface area contributed by atoms with E-state index in [-0.39, 0.29) is 58.9 Å². The molecule has 3 aromatic rings. The van der Waals surface area contributed by atoms with E-state index >= 15 is 0 Å². The van der Waals surface area contributed by atoms with E-state index in [1.165, 1.54) is 66.3 Å². The minimum absolute atomic E-state index is 0. The van der Waals surface area contributed by atoms with Gasteiger partial charge in [0.1, 0.15) is 0 Å². The summed E-state index contributed by atoms with van der Waals surface area (Å²) < 4.78 is 0. The zero-order chi connectivity index (χ0) is 18.8. The van der Waals surface area contributed by atoms with E-state index in [0.29, 0.717) is 0 Å². The summed E-state index contributed by atoms with van der Waals surface area (Å²) in [6, 6.07) is 20.1. The van der Waals surface area contributed by atoms with Gasteiger partial charge in [-0.3, -0.25) is 0 Å². The first-order valence-electron chi connectivity index (χ1n) is 10.3. The number of hydrogen-bond donors (Lipinski definition) is 0. The van der Waals surface area contributed by atoms with Gasteiger partial charge in [0.2, 0.25) is 0 Å². The summed E-state index contributed by atoms with van der Waals surface area (Å²) in [5.41, 5.74) is 2.98. The SMILES string of the molecule is CCCC[c-]1cccc1C.CCCP(CCC)c1cc2ccccc2[cH-]1.[Cl-].[Cl-].[Zr+4]. The van der Waals surface area contributed by atoms with Crippen molar-refractivity contribution in [2.24, 2.45) is 0 Å². The zero-order valence-electron chi connectivity index (χ0n) is 18.3. The molecule has 4 heteroatoms. The molecule has 3 rings (SSSR count). The fourth-order valence-corrected chi connectivity index (χ4v) is 5.88. The third kappa shape index (κ3) is 10.3. The number of benzene rings is 1. The zero-order valence-corrected chi connectivity index (χ0v) is 23.2. The first-order valence-corrected chi connectivity index (χ1v) is 12.0. The van der Waals surface area contributed by atoms with Gasteiger partial charge in [0.05, 0.1) is 0 Å². The predicted octanol–water partition coefficient (Wildman–Crippen LogP) is 1.55. The van der Waals surface area contributed by atoms with E-state index in [4.69, 9.17) is 0 Å². The largest absolute Gasteiger partial charge is 4.00 e. The smallest absolute Gasteiger partial charge is 1.00 e. The van der Waals surface area contributed by atoms with E-state index in [9.17, 15) is 0 Å². The summed E-state index contributed by atoms with van der Waals surface area (Å²) in [5.74, 6) is 0. The van der Waals surface area contributed by atoms with Crippen molar-refractivity contribution in [1.29, 1.82) is 0 Å². The van der Waals surface area contributed by atoms with Crippen LogP contribution in [-0.2, 0) is 32.6 Å². The molecule has 158 valence electrons. The van der Waals surface area contributed by atoms with E-state index in [2.05, 4.69) is 82.3 Å². The van der Waals surface area contributed by atoms with Crippen molar-refractivity contribution in [2.75, 3.05) is 12.3 Å². The van der Waals surface area contributed by atoms with Gasteiger partial charge in [0, 0.05) is 0 Å². The van der Waals surface area contributed by atoms with Gasteiger partial charge >= 0.3 is 26.2 Å². The van der Waals surface area contributed by atoms with Crippen LogP contribution >= 0.6 is 7.92 Å². The minimum Gasteiger partial charge on any atom is -1.00 e. The molecule has 0 aromatic heterocycles. The second kappa shape index (κ2) is 17.7. The number of fused-ring (bicyclic) bond motifs is 1. The van der Waals surface area contributed by atoms with E-state index in [1.54, 1.807) is 5.30 Å². The second-order valence-electron chi connectivity index (χ2n) is 7.17. The molecule has 3 aromatic carbocycles. The molecule has 0 aliphatic carbocycles. The van der Waals surface area contributed by atoms with Crippen molar-refractivity contribution < 1.29 is 51.0 Å². The third-order valence-corrected chi connectivity index (χ3v) is 7.87. The molecule has 0 atom stereocenters. The second-order valence-corrected chi connectivity index (χ2v) is 9.66. The van der Waals surface area contributed by atoms with Crippen molar-refractivity contribution in [3.63, 3.8) is 0 Å². The molecule has 0 bridgehead atoms. The summed E-state index contributed by atoms with van der Waals surface area (Å²) >= 11 is 0. The first kappa shape index (κ1) is 31.3. The molecule has 0 amide bonds. The van der Waals surface area contributed by atoms with Gasteiger partial charge in [-0.25, -0.2) is 12.1 Å². The summed E-state index contributed by atoms with van der Waals surface area (Å²) in [6.45, 7) is 9.02. The Morgan fingerprint density at radius 1 is 0.897 bits per heavy atom. The quantitative estimate of drug-likeness (QED) is 0.308. The maximum absolute atomic E-state index is 2.41. The van der Waals surface area contributed by atoms with E-state index in [1.807, 2.05) is 0 Å². The summed E-state index contributed by atoms with van der Waals surface area (Å²) in [4.78, 5) is 0. The number of halogens is 2. The normalized spacial score (nSPS) is 9.83. The van der Waals surface area contributed by atoms with Crippen molar-refractivity contribution in [2.45, 2.75) is 59.8 Å². The van der Waals surface area contributed by atoms with Crippen LogP contribution in [0.3, 0.4) is 0 Å². The van der Waals surface area contributed by atoms with Gasteiger partial charge in [-0.2, -0.15) is 23.3 Å². The number of rotatable bonds is 8. The maximum Gasteiger partial charge on any atom is 4.00 e. The standard InChI is InChI=1S/C15H20P.C10H15.2ClH.Zr/c1-3-9-16(10-4-2)15-11-13-7-5-6-8-14(13)12-15;1-3-4-7-10-8-5-6-9(10)2;;;/h5-8,11-12H,3-4,9-10H2,1-2H3;5-6,8H,3-4,7H2,1-2H3;2*1H;/q2*-1;;;+4/p-2. The van der Waals surface area contributed by atoms with Crippen LogP contribution in [0.25, 0.3) is 10.8 Å². The third-order valence-electron chi connectivity index (χ3n) is 4.90. The average Bonchev–Trinajstić information content (AvgIpc) is 3.26. The predicted molar refractivity (Wildman–Crippen MR) is 122 cm³/mol. The number of unbranched alkanes of at least 4 members (excludes halogenated alkanes) is 1. The molecule has 0 heterocycles. The van der Waals surface area contributed by atoms with Crippen molar-refractivity contribution >= 4 is 24.0 Å². The Morgan fingerprint density at radius 3 is 2.07 bits per heavy atom. The molecule has 0 aliphatic rings. The van der Waals surface area contributed by atoms with Crippen molar-refractivity contribution in [3.05, 3.63) is 65.7 Å². The van der Waals surface area contributed by atoms with Gasteiger partial charge < -0.3 is 24.8 Å². The first-order chi connectivity index (χ1) is 12.7. The van der Waals surface area contributed by atoms with Crippen LogP contribution in [0.2, 0.25) is 0 Å². The molecule has 0 N–H and O–H groups in total. The molecular formula is C25H35Cl2PZr.